The van der Waals surface area contributed by atoms with E-state index in [2.05, 4.69) is 4.72 Å². The number of sulfonamides is 1. The number of hydrogen-bond acceptors (Lipinski definition) is 4. The lowest BCUT2D eigenvalue weighted by Crippen LogP contribution is -2.33. The Bertz CT molecular complexity index is 572. The van der Waals surface area contributed by atoms with Gasteiger partial charge in [-0.3, -0.25) is 0 Å². The highest BCUT2D eigenvalue weighted by molar-refractivity contribution is 7.89. The maximum absolute atomic E-state index is 12.2. The molecule has 1 aliphatic carbocycles. The van der Waals surface area contributed by atoms with Crippen LogP contribution in [0.3, 0.4) is 0 Å². The number of nitrogens with one attached hydrogen (secondary N) is 1. The van der Waals surface area contributed by atoms with E-state index in [0.29, 0.717) is 18.7 Å². The van der Waals surface area contributed by atoms with Gasteiger partial charge in [-0.15, -0.1) is 0 Å². The van der Waals surface area contributed by atoms with Crippen LogP contribution in [0.5, 0.6) is 0 Å². The van der Waals surface area contributed by atoms with Gasteiger partial charge in [0.15, 0.2) is 0 Å². The molecule has 2 atom stereocenters. The summed E-state index contributed by atoms with van der Waals surface area (Å²) in [6.45, 7) is 2.16. The molecule has 20 heavy (non-hydrogen) atoms. The van der Waals surface area contributed by atoms with Gasteiger partial charge in [0.25, 0.3) is 0 Å². The van der Waals surface area contributed by atoms with Crippen molar-refractivity contribution in [1.29, 1.82) is 0 Å². The van der Waals surface area contributed by atoms with Crippen LogP contribution >= 0.6 is 0 Å². The smallest absolute Gasteiger partial charge is 0.240 e. The van der Waals surface area contributed by atoms with Crippen LogP contribution < -0.4 is 10.5 Å². The van der Waals surface area contributed by atoms with Gasteiger partial charge in [0, 0.05) is 12.2 Å². The second-order valence-electron chi connectivity index (χ2n) is 5.56. The largest absolute Gasteiger partial charge is 0.399 e. The second-order valence-corrected chi connectivity index (χ2v) is 7.32. The van der Waals surface area contributed by atoms with Crippen molar-refractivity contribution >= 4 is 15.7 Å². The molecule has 0 saturated heterocycles. The van der Waals surface area contributed by atoms with Crippen LogP contribution in [-0.2, 0) is 10.0 Å². The number of nitrogen functional groups attached to an aromatic ring is 1. The predicted octanol–water partition coefficient (Wildman–Crippen LogP) is 1.41. The number of aryl methyl sites for hydroxylation is 1. The molecule has 0 bridgehead atoms. The van der Waals surface area contributed by atoms with Gasteiger partial charge >= 0.3 is 0 Å². The Labute approximate surface area is 120 Å². The first-order valence-electron chi connectivity index (χ1n) is 6.92. The maximum Gasteiger partial charge on any atom is 0.240 e. The van der Waals surface area contributed by atoms with Gasteiger partial charge in [0.05, 0.1) is 11.0 Å². The summed E-state index contributed by atoms with van der Waals surface area (Å²) in [5, 5.41) is 9.60. The van der Waals surface area contributed by atoms with Crippen LogP contribution in [-0.4, -0.2) is 26.2 Å². The van der Waals surface area contributed by atoms with Gasteiger partial charge in [0.2, 0.25) is 10.0 Å². The van der Waals surface area contributed by atoms with Crippen molar-refractivity contribution in [2.24, 2.45) is 5.92 Å². The molecule has 112 valence electrons. The number of nitrogens with two attached hydrogens (primary N) is 1. The van der Waals surface area contributed by atoms with Gasteiger partial charge < -0.3 is 10.8 Å². The Kier molecular flexibility index (Phi) is 4.67. The standard InChI is InChI=1S/C14H22N2O3S/c1-10-7-13(5-6-14(10)15)20(18,19)16-9-11-3-2-4-12(17)8-11/h5-7,11-12,16-17H,2-4,8-9,15H2,1H3. The topological polar surface area (TPSA) is 92.4 Å². The Morgan fingerprint density at radius 3 is 2.80 bits per heavy atom. The molecule has 5 nitrogen and oxygen atoms in total. The lowest BCUT2D eigenvalue weighted by molar-refractivity contribution is 0.102. The minimum Gasteiger partial charge on any atom is -0.399 e. The summed E-state index contributed by atoms with van der Waals surface area (Å²) >= 11 is 0. The highest BCUT2D eigenvalue weighted by Gasteiger charge is 2.22. The summed E-state index contributed by atoms with van der Waals surface area (Å²) < 4.78 is 27.0. The molecule has 1 aromatic carbocycles. The van der Waals surface area contributed by atoms with E-state index in [9.17, 15) is 13.5 Å². The van der Waals surface area contributed by atoms with E-state index in [1.54, 1.807) is 19.1 Å². The van der Waals surface area contributed by atoms with Crippen LogP contribution in [0.1, 0.15) is 31.2 Å². The summed E-state index contributed by atoms with van der Waals surface area (Å²) in [4.78, 5) is 0.237. The number of anilines is 1. The van der Waals surface area contributed by atoms with Crippen molar-refractivity contribution in [3.8, 4) is 0 Å². The molecular formula is C14H22N2O3S. The molecule has 0 amide bonds. The molecule has 2 rings (SSSR count). The molecule has 1 aromatic rings. The average Bonchev–Trinajstić information content (AvgIpc) is 2.40. The van der Waals surface area contributed by atoms with Crippen LogP contribution in [0.2, 0.25) is 0 Å². The van der Waals surface area contributed by atoms with E-state index < -0.39 is 10.0 Å². The van der Waals surface area contributed by atoms with E-state index in [4.69, 9.17) is 5.73 Å². The van der Waals surface area contributed by atoms with E-state index in [1.165, 1.54) is 6.07 Å². The quantitative estimate of drug-likeness (QED) is 0.733. The van der Waals surface area contributed by atoms with Crippen molar-refractivity contribution < 1.29 is 13.5 Å². The van der Waals surface area contributed by atoms with Gasteiger partial charge in [-0.2, -0.15) is 0 Å². The van der Waals surface area contributed by atoms with Crippen molar-refractivity contribution in [3.05, 3.63) is 23.8 Å². The normalized spacial score (nSPS) is 23.7. The molecule has 1 saturated carbocycles. The number of hydrogen-bond donors (Lipinski definition) is 3. The van der Waals surface area contributed by atoms with E-state index in [-0.39, 0.29) is 16.9 Å². The van der Waals surface area contributed by atoms with E-state index in [0.717, 1.165) is 24.8 Å². The Morgan fingerprint density at radius 2 is 2.15 bits per heavy atom. The summed E-state index contributed by atoms with van der Waals surface area (Å²) in [7, 11) is -3.50. The zero-order valence-electron chi connectivity index (χ0n) is 11.7. The fourth-order valence-electron chi connectivity index (χ4n) is 2.57. The van der Waals surface area contributed by atoms with Crippen LogP contribution in [0.15, 0.2) is 23.1 Å². The van der Waals surface area contributed by atoms with Crippen molar-refractivity contribution in [2.45, 2.75) is 43.6 Å². The molecular weight excluding hydrogens is 276 g/mol. The highest BCUT2D eigenvalue weighted by Crippen LogP contribution is 2.24. The zero-order chi connectivity index (χ0) is 14.8. The molecule has 1 aliphatic rings. The van der Waals surface area contributed by atoms with Gasteiger partial charge in [0.1, 0.15) is 0 Å². The maximum atomic E-state index is 12.2. The van der Waals surface area contributed by atoms with Crippen LogP contribution in [0.25, 0.3) is 0 Å². The minimum atomic E-state index is -3.50. The summed E-state index contributed by atoms with van der Waals surface area (Å²) in [6, 6.07) is 4.70. The van der Waals surface area contributed by atoms with Crippen molar-refractivity contribution in [2.75, 3.05) is 12.3 Å². The molecule has 0 spiro atoms. The molecule has 0 aromatic heterocycles. The van der Waals surface area contributed by atoms with Crippen molar-refractivity contribution in [3.63, 3.8) is 0 Å². The lowest BCUT2D eigenvalue weighted by atomic mass is 9.87. The lowest BCUT2D eigenvalue weighted by Gasteiger charge is -2.25. The summed E-state index contributed by atoms with van der Waals surface area (Å²) in [5.74, 6) is 0.211. The monoisotopic (exact) mass is 298 g/mol. The van der Waals surface area contributed by atoms with E-state index >= 15 is 0 Å². The minimum absolute atomic E-state index is 0.211. The van der Waals surface area contributed by atoms with E-state index in [1.807, 2.05) is 0 Å². The molecule has 1 fully saturated rings. The second kappa shape index (κ2) is 6.11. The zero-order valence-corrected chi connectivity index (χ0v) is 12.5. The molecule has 0 heterocycles. The fourth-order valence-corrected chi connectivity index (χ4v) is 3.78. The summed E-state index contributed by atoms with van der Waals surface area (Å²) in [6.07, 6.45) is 3.11. The Morgan fingerprint density at radius 1 is 1.40 bits per heavy atom. The van der Waals surface area contributed by atoms with Crippen molar-refractivity contribution in [1.82, 2.24) is 4.72 Å². The SMILES string of the molecule is Cc1cc(S(=O)(=O)NCC2CCCC(O)C2)ccc1N. The van der Waals surface area contributed by atoms with Gasteiger partial charge in [-0.1, -0.05) is 6.42 Å². The Balaban J connectivity index is 2.01. The third kappa shape index (κ3) is 3.71. The number of benzene rings is 1. The van der Waals surface area contributed by atoms with Gasteiger partial charge in [-0.25, -0.2) is 13.1 Å². The third-order valence-electron chi connectivity index (χ3n) is 3.87. The van der Waals surface area contributed by atoms with Crippen LogP contribution in [0, 0.1) is 12.8 Å². The molecule has 0 aliphatic heterocycles. The third-order valence-corrected chi connectivity index (χ3v) is 5.29. The molecule has 4 N–H and O–H groups in total. The first-order chi connectivity index (χ1) is 9.38. The molecule has 0 radical (unpaired) electrons. The van der Waals surface area contributed by atoms with Crippen LogP contribution in [0.4, 0.5) is 5.69 Å². The van der Waals surface area contributed by atoms with Gasteiger partial charge in [-0.05, 0) is 55.9 Å². The predicted molar refractivity (Wildman–Crippen MR) is 78.7 cm³/mol. The average molecular weight is 298 g/mol. The number of aliphatic hydroxyl groups excluding tert-OH is 1. The molecule has 2 unspecified atom stereocenters. The summed E-state index contributed by atoms with van der Waals surface area (Å²) in [5.41, 5.74) is 7.03. The first-order valence-corrected chi connectivity index (χ1v) is 8.40. The Hall–Kier alpha value is -1.11. The number of rotatable bonds is 4. The first kappa shape index (κ1) is 15.3. The highest BCUT2D eigenvalue weighted by atomic mass is 32.2. The molecule has 6 heteroatoms. The fraction of sp³-hybridized carbons (Fsp3) is 0.571. The number of aliphatic hydroxyl groups is 1.